The number of amides is 2. The lowest BCUT2D eigenvalue weighted by Gasteiger charge is -2.35. The van der Waals surface area contributed by atoms with E-state index in [4.69, 9.17) is 9.47 Å². The van der Waals surface area contributed by atoms with Gasteiger partial charge in [0.1, 0.15) is 11.5 Å². The highest BCUT2D eigenvalue weighted by Gasteiger charge is 2.64. The maximum Gasteiger partial charge on any atom is 0.240 e. The lowest BCUT2D eigenvalue weighted by atomic mass is 9.84. The van der Waals surface area contributed by atoms with Crippen molar-refractivity contribution >= 4 is 29.4 Å². The summed E-state index contributed by atoms with van der Waals surface area (Å²) in [6.07, 6.45) is 3.78. The highest BCUT2D eigenvalue weighted by Crippen LogP contribution is 2.54. The van der Waals surface area contributed by atoms with Crippen molar-refractivity contribution in [2.24, 2.45) is 11.8 Å². The van der Waals surface area contributed by atoms with Crippen LogP contribution in [0.4, 0.5) is 5.69 Å². The minimum atomic E-state index is -0.752. The molecule has 31 heavy (non-hydrogen) atoms. The number of anilines is 1. The van der Waals surface area contributed by atoms with E-state index >= 15 is 0 Å². The van der Waals surface area contributed by atoms with Crippen LogP contribution in [-0.2, 0) is 14.4 Å². The Labute approximate surface area is 179 Å². The minimum absolute atomic E-state index is 0.133. The first-order valence-corrected chi connectivity index (χ1v) is 10.1. The number of Topliss-reactive ketones (excluding diaryl/α,β-unsaturated/α-hetero) is 1. The van der Waals surface area contributed by atoms with Crippen LogP contribution in [0.2, 0.25) is 0 Å². The Kier molecular flexibility index (Phi) is 4.36. The number of nitrogens with zero attached hydrogens (tertiary/aromatic N) is 2. The second-order valence-corrected chi connectivity index (χ2v) is 7.99. The Balaban J connectivity index is 1.64. The van der Waals surface area contributed by atoms with E-state index in [1.807, 2.05) is 41.4 Å². The van der Waals surface area contributed by atoms with E-state index in [1.54, 1.807) is 18.2 Å². The molecule has 0 bridgehead atoms. The molecule has 158 valence electrons. The van der Waals surface area contributed by atoms with Crippen molar-refractivity contribution in [2.45, 2.75) is 19.0 Å². The summed E-state index contributed by atoms with van der Waals surface area (Å²) in [5, 5.41) is 0. The first-order valence-electron chi connectivity index (χ1n) is 10.1. The average Bonchev–Trinajstić information content (AvgIpc) is 3.26. The highest BCUT2D eigenvalue weighted by atomic mass is 16.5. The second-order valence-electron chi connectivity index (χ2n) is 7.99. The number of hydrogen-bond acceptors (Lipinski definition) is 6. The van der Waals surface area contributed by atoms with Crippen LogP contribution in [0.1, 0.15) is 24.1 Å². The number of rotatable bonds is 4. The zero-order chi connectivity index (χ0) is 21.9. The summed E-state index contributed by atoms with van der Waals surface area (Å²) < 4.78 is 10.7. The number of benzene rings is 2. The van der Waals surface area contributed by atoms with Crippen molar-refractivity contribution in [3.63, 3.8) is 0 Å². The molecule has 2 saturated heterocycles. The molecule has 3 aliphatic heterocycles. The quantitative estimate of drug-likeness (QED) is 0.711. The molecule has 0 aromatic heterocycles. The van der Waals surface area contributed by atoms with Gasteiger partial charge in [-0.05, 0) is 36.3 Å². The Morgan fingerprint density at radius 2 is 1.71 bits per heavy atom. The maximum absolute atomic E-state index is 13.7. The van der Waals surface area contributed by atoms with Crippen LogP contribution in [0.25, 0.3) is 6.08 Å². The Hall–Kier alpha value is -3.61. The topological polar surface area (TPSA) is 76.2 Å². The summed E-state index contributed by atoms with van der Waals surface area (Å²) in [7, 11) is 3.01. The van der Waals surface area contributed by atoms with Crippen molar-refractivity contribution in [3.8, 4) is 11.5 Å². The molecule has 3 heterocycles. The van der Waals surface area contributed by atoms with Gasteiger partial charge in [-0.2, -0.15) is 0 Å². The predicted octanol–water partition coefficient (Wildman–Crippen LogP) is 2.81. The van der Waals surface area contributed by atoms with Gasteiger partial charge < -0.3 is 14.4 Å². The van der Waals surface area contributed by atoms with Gasteiger partial charge in [-0.1, -0.05) is 24.3 Å². The third-order valence-corrected chi connectivity index (χ3v) is 6.51. The Bertz CT molecular complexity index is 1140. The SMILES string of the molecule is COc1ccc(N2C(=O)C3C(C2=O)C2c4ccccc4C=CN2C3C(C)=O)c(OC)c1. The number of hydrogen-bond donors (Lipinski definition) is 0. The number of fused-ring (bicyclic) bond motifs is 5. The van der Waals surface area contributed by atoms with E-state index < -0.39 is 17.9 Å². The van der Waals surface area contributed by atoms with Crippen LogP contribution < -0.4 is 14.4 Å². The number of ether oxygens (including phenoxy) is 2. The van der Waals surface area contributed by atoms with Gasteiger partial charge >= 0.3 is 0 Å². The predicted molar refractivity (Wildman–Crippen MR) is 114 cm³/mol. The van der Waals surface area contributed by atoms with E-state index in [-0.39, 0.29) is 23.6 Å². The summed E-state index contributed by atoms with van der Waals surface area (Å²) in [4.78, 5) is 43.0. The minimum Gasteiger partial charge on any atom is -0.497 e. The van der Waals surface area contributed by atoms with Gasteiger partial charge in [-0.15, -0.1) is 0 Å². The molecule has 4 atom stereocenters. The Morgan fingerprint density at radius 3 is 2.42 bits per heavy atom. The number of carbonyl (C=O) groups excluding carboxylic acids is 3. The van der Waals surface area contributed by atoms with Gasteiger partial charge in [0.15, 0.2) is 5.78 Å². The third kappa shape index (κ3) is 2.62. The lowest BCUT2D eigenvalue weighted by Crippen LogP contribution is -2.43. The normalized spacial score (nSPS) is 25.9. The first kappa shape index (κ1) is 19.4. The second kappa shape index (κ2) is 6.97. The van der Waals surface area contributed by atoms with Crippen molar-refractivity contribution in [2.75, 3.05) is 19.1 Å². The van der Waals surface area contributed by atoms with Crippen molar-refractivity contribution in [1.29, 1.82) is 0 Å². The van der Waals surface area contributed by atoms with Crippen LogP contribution >= 0.6 is 0 Å². The van der Waals surface area contributed by atoms with Crippen LogP contribution in [0.3, 0.4) is 0 Å². The van der Waals surface area contributed by atoms with Crippen molar-refractivity contribution < 1.29 is 23.9 Å². The van der Waals surface area contributed by atoms with Gasteiger partial charge in [0.25, 0.3) is 0 Å². The standard InChI is InChI=1S/C24H22N2O5/c1-13(27)21-19-20(22-16-7-5-4-6-14(16)10-11-25(21)22)24(29)26(23(19)28)17-9-8-15(30-2)12-18(17)31-3/h4-12,19-22H,1-3H3. The summed E-state index contributed by atoms with van der Waals surface area (Å²) in [5.74, 6) is -1.32. The maximum atomic E-state index is 13.7. The fourth-order valence-corrected chi connectivity index (χ4v) is 5.23. The van der Waals surface area contributed by atoms with Gasteiger partial charge in [0, 0.05) is 12.3 Å². The van der Waals surface area contributed by atoms with Gasteiger partial charge in [-0.3, -0.25) is 14.4 Å². The molecule has 0 spiro atoms. The lowest BCUT2D eigenvalue weighted by molar-refractivity contribution is -0.129. The van der Waals surface area contributed by atoms with Crippen LogP contribution in [-0.4, -0.2) is 42.8 Å². The molecule has 0 aliphatic carbocycles. The fourth-order valence-electron chi connectivity index (χ4n) is 5.23. The molecule has 5 rings (SSSR count). The first-order chi connectivity index (χ1) is 15.0. The number of ketones is 1. The van der Waals surface area contributed by atoms with Crippen molar-refractivity contribution in [3.05, 3.63) is 59.8 Å². The van der Waals surface area contributed by atoms with E-state index in [0.29, 0.717) is 17.2 Å². The molecule has 7 nitrogen and oxygen atoms in total. The Morgan fingerprint density at radius 1 is 0.968 bits per heavy atom. The van der Waals surface area contributed by atoms with E-state index in [9.17, 15) is 14.4 Å². The fraction of sp³-hybridized carbons (Fsp3) is 0.292. The number of methoxy groups -OCH3 is 2. The largest absolute Gasteiger partial charge is 0.497 e. The zero-order valence-corrected chi connectivity index (χ0v) is 17.4. The molecule has 3 aliphatic rings. The summed E-state index contributed by atoms with van der Waals surface area (Å²) >= 11 is 0. The molecule has 2 fully saturated rings. The van der Waals surface area contributed by atoms with Gasteiger partial charge in [0.05, 0.1) is 43.8 Å². The highest BCUT2D eigenvalue weighted by molar-refractivity contribution is 6.24. The molecule has 0 radical (unpaired) electrons. The number of imide groups is 1. The van der Waals surface area contributed by atoms with E-state index in [0.717, 1.165) is 11.1 Å². The molecule has 4 unspecified atom stereocenters. The van der Waals surface area contributed by atoms with Crippen molar-refractivity contribution in [1.82, 2.24) is 4.90 Å². The molecular formula is C24H22N2O5. The van der Waals surface area contributed by atoms with E-state index in [2.05, 4.69) is 0 Å². The summed E-state index contributed by atoms with van der Waals surface area (Å²) in [6, 6.07) is 11.7. The van der Waals surface area contributed by atoms with Crippen LogP contribution in [0.5, 0.6) is 11.5 Å². The summed E-state index contributed by atoms with van der Waals surface area (Å²) in [6.45, 7) is 1.48. The van der Waals surface area contributed by atoms with Gasteiger partial charge in [0.2, 0.25) is 11.8 Å². The monoisotopic (exact) mass is 418 g/mol. The molecular weight excluding hydrogens is 396 g/mol. The molecule has 2 aromatic carbocycles. The molecule has 2 aromatic rings. The summed E-state index contributed by atoms with van der Waals surface area (Å²) in [5.41, 5.74) is 2.31. The molecule has 0 N–H and O–H groups in total. The zero-order valence-electron chi connectivity index (χ0n) is 17.4. The van der Waals surface area contributed by atoms with Crippen LogP contribution in [0, 0.1) is 11.8 Å². The van der Waals surface area contributed by atoms with E-state index in [1.165, 1.54) is 26.0 Å². The van der Waals surface area contributed by atoms with Crippen LogP contribution in [0.15, 0.2) is 48.7 Å². The molecule has 0 saturated carbocycles. The molecule has 7 heteroatoms. The average molecular weight is 418 g/mol. The molecule has 2 amide bonds. The third-order valence-electron chi connectivity index (χ3n) is 6.51. The number of carbonyl (C=O) groups is 3. The van der Waals surface area contributed by atoms with Gasteiger partial charge in [-0.25, -0.2) is 4.90 Å². The smallest absolute Gasteiger partial charge is 0.240 e.